The van der Waals surface area contributed by atoms with Crippen molar-refractivity contribution in [3.05, 3.63) is 46.4 Å². The second-order valence-corrected chi connectivity index (χ2v) is 4.18. The predicted octanol–water partition coefficient (Wildman–Crippen LogP) is 3.77. The van der Waals surface area contributed by atoms with Gasteiger partial charge >= 0.3 is 0 Å². The smallest absolute Gasteiger partial charge is 0.224 e. The van der Waals surface area contributed by atoms with E-state index in [9.17, 15) is 8.78 Å². The lowest BCUT2D eigenvalue weighted by atomic mass is 10.2. The van der Waals surface area contributed by atoms with E-state index in [1.807, 2.05) is 0 Å². The largest absolute Gasteiger partial charge is 0.335 e. The van der Waals surface area contributed by atoms with E-state index in [2.05, 4.69) is 15.3 Å². The van der Waals surface area contributed by atoms with Crippen molar-refractivity contribution in [1.29, 1.82) is 0 Å². The summed E-state index contributed by atoms with van der Waals surface area (Å²) >= 11 is 5.68. The number of rotatable bonds is 2. The van der Waals surface area contributed by atoms with E-state index in [1.54, 1.807) is 19.9 Å². The highest BCUT2D eigenvalue weighted by Gasteiger charge is 2.12. The van der Waals surface area contributed by atoms with Crippen molar-refractivity contribution in [2.75, 3.05) is 5.32 Å². The van der Waals surface area contributed by atoms with Crippen molar-refractivity contribution >= 4 is 23.1 Å². The van der Waals surface area contributed by atoms with Crippen LogP contribution in [0.4, 0.5) is 20.3 Å². The molecule has 0 fully saturated rings. The maximum absolute atomic E-state index is 13.8. The molecule has 0 unspecified atom stereocenters. The van der Waals surface area contributed by atoms with Crippen molar-refractivity contribution in [3.63, 3.8) is 0 Å². The molecular weight excluding hydrogens is 260 g/mol. The van der Waals surface area contributed by atoms with Gasteiger partial charge in [-0.1, -0.05) is 6.07 Å². The molecule has 0 spiro atoms. The number of anilines is 2. The average Bonchev–Trinajstić information content (AvgIpc) is 2.28. The molecule has 0 aliphatic rings. The molecule has 0 bridgehead atoms. The highest BCUT2D eigenvalue weighted by molar-refractivity contribution is 6.28. The summed E-state index contributed by atoms with van der Waals surface area (Å²) in [6.45, 7) is 3.26. The van der Waals surface area contributed by atoms with Gasteiger partial charge in [0.05, 0.1) is 0 Å². The van der Waals surface area contributed by atoms with Gasteiger partial charge in [0.1, 0.15) is 17.3 Å². The van der Waals surface area contributed by atoms with Crippen LogP contribution in [0.25, 0.3) is 0 Å². The Balaban J connectivity index is 2.42. The van der Waals surface area contributed by atoms with Gasteiger partial charge in [-0.15, -0.1) is 0 Å². The highest BCUT2D eigenvalue weighted by Crippen LogP contribution is 2.25. The molecule has 1 aromatic carbocycles. The Morgan fingerprint density at radius 3 is 2.56 bits per heavy atom. The number of aryl methyl sites for hydroxylation is 2. The van der Waals surface area contributed by atoms with Crippen molar-refractivity contribution in [2.24, 2.45) is 0 Å². The Morgan fingerprint density at radius 2 is 1.89 bits per heavy atom. The number of nitrogens with one attached hydrogen (secondary N) is 1. The quantitative estimate of drug-likeness (QED) is 0.844. The maximum Gasteiger partial charge on any atom is 0.224 e. The minimum absolute atomic E-state index is 0.0194. The van der Waals surface area contributed by atoms with Gasteiger partial charge in [-0.2, -0.15) is 0 Å². The molecule has 6 heteroatoms. The first-order valence-electron chi connectivity index (χ1n) is 5.20. The lowest BCUT2D eigenvalue weighted by Crippen LogP contribution is -2.02. The highest BCUT2D eigenvalue weighted by atomic mass is 35.5. The Bertz CT molecular complexity index is 582. The fraction of sp³-hybridized carbons (Fsp3) is 0.167. The molecule has 1 aromatic heterocycles. The van der Waals surface area contributed by atoms with Crippen LogP contribution in [0.1, 0.15) is 11.3 Å². The molecule has 0 amide bonds. The standard InChI is InChI=1S/C12H10ClF2N3/c1-6-3-4-8(14)11(10(6)15)17-9-5-7(2)16-12(13)18-9/h3-5H,1-2H3,(H,16,17,18). The van der Waals surface area contributed by atoms with Gasteiger partial charge in [0.25, 0.3) is 0 Å². The first-order chi connectivity index (χ1) is 8.47. The molecule has 2 aromatic rings. The summed E-state index contributed by atoms with van der Waals surface area (Å²) in [5, 5.41) is 2.60. The summed E-state index contributed by atoms with van der Waals surface area (Å²) < 4.78 is 27.3. The monoisotopic (exact) mass is 269 g/mol. The number of nitrogens with zero attached hydrogens (tertiary/aromatic N) is 2. The molecule has 1 heterocycles. The summed E-state index contributed by atoms with van der Waals surface area (Å²) in [4.78, 5) is 7.72. The zero-order chi connectivity index (χ0) is 13.3. The van der Waals surface area contributed by atoms with Gasteiger partial charge in [0.15, 0.2) is 5.82 Å². The SMILES string of the molecule is Cc1cc(Nc2c(F)ccc(C)c2F)nc(Cl)n1. The Morgan fingerprint density at radius 1 is 1.17 bits per heavy atom. The number of hydrogen-bond acceptors (Lipinski definition) is 3. The summed E-state index contributed by atoms with van der Waals surface area (Å²) in [5.74, 6) is -1.09. The minimum atomic E-state index is -0.689. The van der Waals surface area contributed by atoms with E-state index in [1.165, 1.54) is 12.1 Å². The van der Waals surface area contributed by atoms with Gasteiger partial charge in [0.2, 0.25) is 5.28 Å². The molecule has 3 nitrogen and oxygen atoms in total. The zero-order valence-electron chi connectivity index (χ0n) is 9.76. The maximum atomic E-state index is 13.8. The van der Waals surface area contributed by atoms with Gasteiger partial charge < -0.3 is 5.32 Å². The van der Waals surface area contributed by atoms with Gasteiger partial charge in [0, 0.05) is 11.8 Å². The van der Waals surface area contributed by atoms with E-state index in [-0.39, 0.29) is 16.8 Å². The molecule has 0 radical (unpaired) electrons. The third-order valence-corrected chi connectivity index (χ3v) is 2.53. The second kappa shape index (κ2) is 4.86. The van der Waals surface area contributed by atoms with E-state index in [4.69, 9.17) is 11.6 Å². The Hall–Kier alpha value is -1.75. The molecule has 0 aliphatic heterocycles. The van der Waals surface area contributed by atoms with E-state index < -0.39 is 11.6 Å². The molecule has 0 aliphatic carbocycles. The fourth-order valence-electron chi connectivity index (χ4n) is 1.50. The van der Waals surface area contributed by atoms with Crippen molar-refractivity contribution in [3.8, 4) is 0 Å². The van der Waals surface area contributed by atoms with E-state index >= 15 is 0 Å². The van der Waals surface area contributed by atoms with Crippen LogP contribution in [0, 0.1) is 25.5 Å². The molecule has 1 N–H and O–H groups in total. The van der Waals surface area contributed by atoms with E-state index in [0.717, 1.165) is 0 Å². The molecule has 94 valence electrons. The molecule has 0 atom stereocenters. The first kappa shape index (κ1) is 12.7. The van der Waals surface area contributed by atoms with Crippen LogP contribution >= 0.6 is 11.6 Å². The van der Waals surface area contributed by atoms with Crippen molar-refractivity contribution in [2.45, 2.75) is 13.8 Å². The van der Waals surface area contributed by atoms with Crippen LogP contribution < -0.4 is 5.32 Å². The molecule has 0 saturated carbocycles. The third kappa shape index (κ3) is 2.56. The Kier molecular flexibility index (Phi) is 3.43. The molecule has 2 rings (SSSR count). The van der Waals surface area contributed by atoms with Crippen LogP contribution in [0.5, 0.6) is 0 Å². The number of benzene rings is 1. The van der Waals surface area contributed by atoms with Crippen LogP contribution in [-0.2, 0) is 0 Å². The summed E-state index contributed by atoms with van der Waals surface area (Å²) in [5.41, 5.74) is 0.700. The topological polar surface area (TPSA) is 37.8 Å². The number of halogens is 3. The summed E-state index contributed by atoms with van der Waals surface area (Å²) in [6, 6.07) is 4.11. The van der Waals surface area contributed by atoms with Crippen molar-refractivity contribution < 1.29 is 8.78 Å². The van der Waals surface area contributed by atoms with Crippen molar-refractivity contribution in [1.82, 2.24) is 9.97 Å². The Labute approximate surface area is 108 Å². The lowest BCUT2D eigenvalue weighted by Gasteiger charge is -2.10. The number of hydrogen-bond donors (Lipinski definition) is 1. The van der Waals surface area contributed by atoms with Gasteiger partial charge in [-0.05, 0) is 37.1 Å². The minimum Gasteiger partial charge on any atom is -0.335 e. The molecular formula is C12H10ClF2N3. The van der Waals surface area contributed by atoms with Gasteiger partial charge in [-0.25, -0.2) is 18.7 Å². The third-order valence-electron chi connectivity index (χ3n) is 2.36. The summed E-state index contributed by atoms with van der Waals surface area (Å²) in [6.07, 6.45) is 0. The first-order valence-corrected chi connectivity index (χ1v) is 5.58. The molecule has 18 heavy (non-hydrogen) atoms. The van der Waals surface area contributed by atoms with E-state index in [0.29, 0.717) is 11.3 Å². The average molecular weight is 270 g/mol. The molecule has 0 saturated heterocycles. The van der Waals surface area contributed by atoms with Gasteiger partial charge in [-0.3, -0.25) is 0 Å². The summed E-state index contributed by atoms with van der Waals surface area (Å²) in [7, 11) is 0. The number of aromatic nitrogens is 2. The second-order valence-electron chi connectivity index (χ2n) is 3.84. The van der Waals surface area contributed by atoms with Crippen LogP contribution in [0.2, 0.25) is 5.28 Å². The normalized spacial score (nSPS) is 10.5. The van der Waals surface area contributed by atoms with Crippen LogP contribution in [0.15, 0.2) is 18.2 Å². The van der Waals surface area contributed by atoms with Crippen LogP contribution in [0.3, 0.4) is 0 Å². The predicted molar refractivity (Wildman–Crippen MR) is 66.2 cm³/mol. The van der Waals surface area contributed by atoms with Crippen LogP contribution in [-0.4, -0.2) is 9.97 Å². The lowest BCUT2D eigenvalue weighted by molar-refractivity contribution is 0.584. The zero-order valence-corrected chi connectivity index (χ0v) is 10.5. The fourth-order valence-corrected chi connectivity index (χ4v) is 1.72.